The Morgan fingerprint density at radius 2 is 1.84 bits per heavy atom. The van der Waals surface area contributed by atoms with Gasteiger partial charge in [0, 0.05) is 13.1 Å². The van der Waals surface area contributed by atoms with Gasteiger partial charge in [-0.2, -0.15) is 0 Å². The highest BCUT2D eigenvalue weighted by Crippen LogP contribution is 2.26. The van der Waals surface area contributed by atoms with Crippen LogP contribution >= 0.6 is 0 Å². The van der Waals surface area contributed by atoms with Crippen molar-refractivity contribution in [2.24, 2.45) is 0 Å². The van der Waals surface area contributed by atoms with Crippen LogP contribution in [0.3, 0.4) is 0 Å². The molecule has 1 aromatic carbocycles. The number of hydrogen-bond acceptors (Lipinski definition) is 2. The molecule has 0 aromatic heterocycles. The molecule has 19 heavy (non-hydrogen) atoms. The maximum absolute atomic E-state index is 12.0. The van der Waals surface area contributed by atoms with Gasteiger partial charge in [-0.1, -0.05) is 32.9 Å². The van der Waals surface area contributed by atoms with E-state index in [0.717, 1.165) is 25.9 Å². The minimum atomic E-state index is -0.217. The maximum Gasteiger partial charge on any atom is 0.415 e. The molecule has 104 valence electrons. The summed E-state index contributed by atoms with van der Waals surface area (Å²) in [7, 11) is 0. The van der Waals surface area contributed by atoms with Gasteiger partial charge < -0.3 is 9.64 Å². The van der Waals surface area contributed by atoms with Crippen molar-refractivity contribution in [1.82, 2.24) is 4.90 Å². The van der Waals surface area contributed by atoms with E-state index in [-0.39, 0.29) is 11.5 Å². The van der Waals surface area contributed by atoms with E-state index in [1.807, 2.05) is 18.2 Å². The van der Waals surface area contributed by atoms with E-state index < -0.39 is 0 Å². The first-order valence-corrected chi connectivity index (χ1v) is 7.04. The summed E-state index contributed by atoms with van der Waals surface area (Å²) >= 11 is 0. The van der Waals surface area contributed by atoms with Gasteiger partial charge in [0.1, 0.15) is 5.75 Å². The number of likely N-dealkylation sites (tertiary alicyclic amines) is 1. The highest BCUT2D eigenvalue weighted by atomic mass is 16.6. The van der Waals surface area contributed by atoms with E-state index in [9.17, 15) is 4.79 Å². The highest BCUT2D eigenvalue weighted by Gasteiger charge is 2.19. The van der Waals surface area contributed by atoms with Crippen LogP contribution in [0.5, 0.6) is 5.75 Å². The van der Waals surface area contributed by atoms with Crippen LogP contribution in [0.2, 0.25) is 0 Å². The number of benzene rings is 1. The molecule has 0 aliphatic carbocycles. The quantitative estimate of drug-likeness (QED) is 0.765. The zero-order valence-electron chi connectivity index (χ0n) is 12.1. The van der Waals surface area contributed by atoms with E-state index in [1.165, 1.54) is 12.0 Å². The van der Waals surface area contributed by atoms with Gasteiger partial charge in [-0.05, 0) is 42.4 Å². The van der Waals surface area contributed by atoms with Crippen molar-refractivity contribution >= 4 is 6.09 Å². The van der Waals surface area contributed by atoms with Gasteiger partial charge in [0.05, 0.1) is 0 Å². The number of ether oxygens (including phenoxy) is 1. The Bertz CT molecular complexity index is 442. The number of piperidine rings is 1. The number of amides is 1. The molecule has 2 rings (SSSR count). The maximum atomic E-state index is 12.0. The Labute approximate surface area is 115 Å². The SMILES string of the molecule is CC(C)(C)c1cccc(OC(=O)N2CCCCC2)c1. The lowest BCUT2D eigenvalue weighted by molar-refractivity contribution is 0.142. The molecule has 3 heteroatoms. The molecule has 0 bridgehead atoms. The van der Waals surface area contributed by atoms with Crippen LogP contribution in [0, 0.1) is 0 Å². The minimum Gasteiger partial charge on any atom is -0.410 e. The monoisotopic (exact) mass is 261 g/mol. The van der Waals surface area contributed by atoms with E-state index in [0.29, 0.717) is 5.75 Å². The van der Waals surface area contributed by atoms with Crippen LogP contribution < -0.4 is 4.74 Å². The first-order valence-electron chi connectivity index (χ1n) is 7.04. The molecule has 1 aliphatic rings. The molecule has 0 unspecified atom stereocenters. The first kappa shape index (κ1) is 13.9. The molecular formula is C16H23NO2. The molecule has 0 radical (unpaired) electrons. The van der Waals surface area contributed by atoms with Crippen molar-refractivity contribution in [1.29, 1.82) is 0 Å². The van der Waals surface area contributed by atoms with Crippen LogP contribution in [-0.2, 0) is 5.41 Å². The van der Waals surface area contributed by atoms with Crippen molar-refractivity contribution in [3.8, 4) is 5.75 Å². The summed E-state index contributed by atoms with van der Waals surface area (Å²) in [5.74, 6) is 0.642. The Hall–Kier alpha value is -1.51. The average Bonchev–Trinajstić information content (AvgIpc) is 2.39. The van der Waals surface area contributed by atoms with E-state index in [4.69, 9.17) is 4.74 Å². The lowest BCUT2D eigenvalue weighted by Crippen LogP contribution is -2.37. The molecule has 1 fully saturated rings. The van der Waals surface area contributed by atoms with Gasteiger partial charge >= 0.3 is 6.09 Å². The Morgan fingerprint density at radius 3 is 2.47 bits per heavy atom. The number of hydrogen-bond donors (Lipinski definition) is 0. The lowest BCUT2D eigenvalue weighted by atomic mass is 9.87. The summed E-state index contributed by atoms with van der Waals surface area (Å²) in [6, 6.07) is 7.82. The predicted molar refractivity (Wildman–Crippen MR) is 76.6 cm³/mol. The second-order valence-electron chi connectivity index (χ2n) is 6.19. The first-order chi connectivity index (χ1) is 8.97. The molecule has 3 nitrogen and oxygen atoms in total. The Balaban J connectivity index is 2.04. The molecule has 0 spiro atoms. The summed E-state index contributed by atoms with van der Waals surface area (Å²) in [5, 5.41) is 0. The van der Waals surface area contributed by atoms with Gasteiger partial charge in [-0.25, -0.2) is 4.79 Å². The summed E-state index contributed by atoms with van der Waals surface area (Å²) < 4.78 is 5.48. The second kappa shape index (κ2) is 5.64. The zero-order valence-corrected chi connectivity index (χ0v) is 12.1. The van der Waals surface area contributed by atoms with Crippen LogP contribution in [-0.4, -0.2) is 24.1 Å². The second-order valence-corrected chi connectivity index (χ2v) is 6.19. The lowest BCUT2D eigenvalue weighted by Gasteiger charge is -2.26. The molecule has 0 N–H and O–H groups in total. The van der Waals surface area contributed by atoms with E-state index >= 15 is 0 Å². The van der Waals surface area contributed by atoms with E-state index in [1.54, 1.807) is 4.90 Å². The fraction of sp³-hybridized carbons (Fsp3) is 0.562. The largest absolute Gasteiger partial charge is 0.415 e. The van der Waals surface area contributed by atoms with Crippen molar-refractivity contribution in [3.63, 3.8) is 0 Å². The summed E-state index contributed by atoms with van der Waals surface area (Å²) in [4.78, 5) is 13.8. The molecule has 1 saturated heterocycles. The number of carbonyl (C=O) groups excluding carboxylic acids is 1. The minimum absolute atomic E-state index is 0.0630. The third-order valence-corrected chi connectivity index (χ3v) is 3.52. The molecule has 1 amide bonds. The molecule has 1 aliphatic heterocycles. The number of carbonyl (C=O) groups is 1. The highest BCUT2D eigenvalue weighted by molar-refractivity contribution is 5.70. The smallest absolute Gasteiger partial charge is 0.410 e. The molecule has 1 aromatic rings. The zero-order chi connectivity index (χ0) is 13.9. The van der Waals surface area contributed by atoms with Gasteiger partial charge in [0.15, 0.2) is 0 Å². The van der Waals surface area contributed by atoms with Gasteiger partial charge in [-0.15, -0.1) is 0 Å². The van der Waals surface area contributed by atoms with Crippen LogP contribution in [0.25, 0.3) is 0 Å². The number of rotatable bonds is 1. The topological polar surface area (TPSA) is 29.5 Å². The van der Waals surface area contributed by atoms with Gasteiger partial charge in [0.25, 0.3) is 0 Å². The number of nitrogens with zero attached hydrogens (tertiary/aromatic N) is 1. The van der Waals surface area contributed by atoms with Crippen molar-refractivity contribution in [2.75, 3.05) is 13.1 Å². The fourth-order valence-corrected chi connectivity index (χ4v) is 2.27. The predicted octanol–water partition coefficient (Wildman–Crippen LogP) is 3.97. The Kier molecular flexibility index (Phi) is 4.13. The van der Waals surface area contributed by atoms with Gasteiger partial charge in [0.2, 0.25) is 0 Å². The summed E-state index contributed by atoms with van der Waals surface area (Å²) in [6.45, 7) is 8.09. The summed E-state index contributed by atoms with van der Waals surface area (Å²) in [5.41, 5.74) is 1.24. The molecular weight excluding hydrogens is 238 g/mol. The third-order valence-electron chi connectivity index (χ3n) is 3.52. The van der Waals surface area contributed by atoms with Crippen molar-refractivity contribution in [3.05, 3.63) is 29.8 Å². The average molecular weight is 261 g/mol. The normalized spacial score (nSPS) is 16.3. The van der Waals surface area contributed by atoms with Crippen LogP contribution in [0.4, 0.5) is 4.79 Å². The molecule has 1 heterocycles. The molecule has 0 atom stereocenters. The third kappa shape index (κ3) is 3.72. The van der Waals surface area contributed by atoms with Crippen molar-refractivity contribution in [2.45, 2.75) is 45.4 Å². The molecule has 0 saturated carbocycles. The summed E-state index contributed by atoms with van der Waals surface area (Å²) in [6.07, 6.45) is 3.16. The van der Waals surface area contributed by atoms with Crippen molar-refractivity contribution < 1.29 is 9.53 Å². The van der Waals surface area contributed by atoms with E-state index in [2.05, 4.69) is 26.8 Å². The van der Waals surface area contributed by atoms with Crippen LogP contribution in [0.15, 0.2) is 24.3 Å². The Morgan fingerprint density at radius 1 is 1.16 bits per heavy atom. The van der Waals surface area contributed by atoms with Crippen LogP contribution in [0.1, 0.15) is 45.6 Å². The standard InChI is InChI=1S/C16H23NO2/c1-16(2,3)13-8-7-9-14(12-13)19-15(18)17-10-5-4-6-11-17/h7-9,12H,4-6,10-11H2,1-3H3. The fourth-order valence-electron chi connectivity index (χ4n) is 2.27. The van der Waals surface area contributed by atoms with Gasteiger partial charge in [-0.3, -0.25) is 0 Å².